The second-order valence-corrected chi connectivity index (χ2v) is 5.87. The number of hydrogen-bond donors (Lipinski definition) is 1. The lowest BCUT2D eigenvalue weighted by Crippen LogP contribution is -2.42. The van der Waals surface area contributed by atoms with Gasteiger partial charge in [0.05, 0.1) is 12.5 Å². The monoisotopic (exact) mass is 339 g/mol. The molecule has 1 heterocycles. The van der Waals surface area contributed by atoms with Crippen molar-refractivity contribution < 1.29 is 19.4 Å². The summed E-state index contributed by atoms with van der Waals surface area (Å²) in [6.45, 7) is 0.731. The van der Waals surface area contributed by atoms with Crippen LogP contribution in [0.3, 0.4) is 0 Å². The number of nitrogens with two attached hydrogens (primary N) is 1. The third-order valence-corrected chi connectivity index (χ3v) is 4.22. The Morgan fingerprint density at radius 3 is 2.16 bits per heavy atom. The van der Waals surface area contributed by atoms with Crippen LogP contribution in [0.2, 0.25) is 0 Å². The summed E-state index contributed by atoms with van der Waals surface area (Å²) in [7, 11) is 0. The number of ether oxygens (including phenoxy) is 1. The number of para-hydroxylation sites is 2. The summed E-state index contributed by atoms with van der Waals surface area (Å²) in [5.41, 5.74) is 7.49. The molecule has 2 aromatic carbocycles. The Hall–Kier alpha value is -2.86. The van der Waals surface area contributed by atoms with Crippen LogP contribution in [0.25, 0.3) is 21.8 Å². The molecule has 0 fully saturated rings. The highest BCUT2D eigenvalue weighted by molar-refractivity contribution is 6.07. The van der Waals surface area contributed by atoms with E-state index in [9.17, 15) is 14.7 Å². The van der Waals surface area contributed by atoms with Crippen molar-refractivity contribution in [2.45, 2.75) is 25.4 Å². The largest absolute Gasteiger partial charge is 0.548 e. The number of carboxylic acids is 1. The van der Waals surface area contributed by atoms with Gasteiger partial charge < -0.3 is 24.9 Å². The SMILES string of the molecule is N[C@@H](CCC(=O)OCCn1c2ccccc2c2ccccc21)C(=O)[O-]. The summed E-state index contributed by atoms with van der Waals surface area (Å²) < 4.78 is 7.33. The van der Waals surface area contributed by atoms with Crippen molar-refractivity contribution in [3.8, 4) is 0 Å². The van der Waals surface area contributed by atoms with Crippen LogP contribution in [-0.2, 0) is 20.9 Å². The fourth-order valence-corrected chi connectivity index (χ4v) is 2.96. The molecule has 0 aliphatic carbocycles. The van der Waals surface area contributed by atoms with Gasteiger partial charge in [-0.1, -0.05) is 36.4 Å². The van der Waals surface area contributed by atoms with Crippen LogP contribution in [0.4, 0.5) is 0 Å². The lowest BCUT2D eigenvalue weighted by atomic mass is 10.2. The third kappa shape index (κ3) is 3.64. The van der Waals surface area contributed by atoms with Gasteiger partial charge in [-0.2, -0.15) is 0 Å². The van der Waals surface area contributed by atoms with Gasteiger partial charge in [0.1, 0.15) is 6.61 Å². The average Bonchev–Trinajstić information content (AvgIpc) is 2.94. The van der Waals surface area contributed by atoms with E-state index in [-0.39, 0.29) is 19.4 Å². The number of carbonyl (C=O) groups is 2. The smallest absolute Gasteiger partial charge is 0.305 e. The van der Waals surface area contributed by atoms with Crippen LogP contribution in [0, 0.1) is 0 Å². The van der Waals surface area contributed by atoms with Gasteiger partial charge in [0.2, 0.25) is 0 Å². The molecule has 0 unspecified atom stereocenters. The molecular weight excluding hydrogens is 320 g/mol. The van der Waals surface area contributed by atoms with Gasteiger partial charge in [0, 0.05) is 34.3 Å². The number of nitrogens with zero attached hydrogens (tertiary/aromatic N) is 1. The first kappa shape index (κ1) is 17.0. The van der Waals surface area contributed by atoms with Gasteiger partial charge in [-0.25, -0.2) is 0 Å². The second-order valence-electron chi connectivity index (χ2n) is 5.87. The summed E-state index contributed by atoms with van der Waals surface area (Å²) >= 11 is 0. The first-order chi connectivity index (χ1) is 12.1. The molecule has 0 spiro atoms. The quantitative estimate of drug-likeness (QED) is 0.652. The zero-order valence-corrected chi connectivity index (χ0v) is 13.7. The van der Waals surface area contributed by atoms with E-state index >= 15 is 0 Å². The first-order valence-electron chi connectivity index (χ1n) is 8.16. The van der Waals surface area contributed by atoms with Gasteiger partial charge in [-0.05, 0) is 18.6 Å². The molecule has 1 aromatic heterocycles. The molecule has 0 aliphatic heterocycles. The molecule has 1 atom stereocenters. The summed E-state index contributed by atoms with van der Waals surface area (Å²) in [4.78, 5) is 22.3. The molecule has 0 saturated heterocycles. The Morgan fingerprint density at radius 2 is 1.60 bits per heavy atom. The molecule has 6 heteroatoms. The molecule has 25 heavy (non-hydrogen) atoms. The minimum atomic E-state index is -1.36. The number of esters is 1. The van der Waals surface area contributed by atoms with Crippen molar-refractivity contribution in [3.05, 3.63) is 48.5 Å². The van der Waals surface area contributed by atoms with Crippen LogP contribution < -0.4 is 10.8 Å². The molecule has 130 valence electrons. The standard InChI is InChI=1S/C19H20N2O4/c20-15(19(23)24)9-10-18(22)25-12-11-21-16-7-3-1-5-13(16)14-6-2-4-8-17(14)21/h1-8,15H,9-12,20H2,(H,23,24)/p-1/t15-/m0/s1. The number of aromatic nitrogens is 1. The highest BCUT2D eigenvalue weighted by Gasteiger charge is 2.11. The summed E-state index contributed by atoms with van der Waals surface area (Å²) in [6.07, 6.45) is -0.0289. The Morgan fingerprint density at radius 1 is 1.04 bits per heavy atom. The van der Waals surface area contributed by atoms with Crippen LogP contribution in [0.15, 0.2) is 48.5 Å². The van der Waals surface area contributed by atoms with Crippen molar-refractivity contribution in [2.24, 2.45) is 5.73 Å². The summed E-state index contributed by atoms with van der Waals surface area (Å²) in [5.74, 6) is -1.82. The number of aliphatic carboxylic acids is 1. The molecule has 0 saturated carbocycles. The van der Waals surface area contributed by atoms with Crippen LogP contribution >= 0.6 is 0 Å². The van der Waals surface area contributed by atoms with Crippen LogP contribution in [-0.4, -0.2) is 29.2 Å². The van der Waals surface area contributed by atoms with Crippen molar-refractivity contribution in [3.63, 3.8) is 0 Å². The molecule has 0 radical (unpaired) electrons. The second kappa shape index (κ2) is 7.36. The van der Waals surface area contributed by atoms with Crippen LogP contribution in [0.1, 0.15) is 12.8 Å². The predicted molar refractivity (Wildman–Crippen MR) is 92.6 cm³/mol. The van der Waals surface area contributed by atoms with E-state index in [0.717, 1.165) is 21.8 Å². The summed E-state index contributed by atoms with van der Waals surface area (Å²) in [5, 5.41) is 12.9. The summed E-state index contributed by atoms with van der Waals surface area (Å²) in [6, 6.07) is 15.0. The molecule has 0 aliphatic rings. The topological polar surface area (TPSA) is 97.4 Å². The zero-order valence-electron chi connectivity index (χ0n) is 13.7. The minimum Gasteiger partial charge on any atom is -0.548 e. The van der Waals surface area contributed by atoms with Crippen LogP contribution in [0.5, 0.6) is 0 Å². The van der Waals surface area contributed by atoms with Gasteiger partial charge in [-0.3, -0.25) is 4.79 Å². The predicted octanol–water partition coefficient (Wildman–Crippen LogP) is 1.20. The lowest BCUT2D eigenvalue weighted by Gasteiger charge is -2.12. The fraction of sp³-hybridized carbons (Fsp3) is 0.263. The lowest BCUT2D eigenvalue weighted by molar-refractivity contribution is -0.307. The normalized spacial score (nSPS) is 12.4. The van der Waals surface area contributed by atoms with Crippen molar-refractivity contribution in [2.75, 3.05) is 6.61 Å². The molecule has 3 aromatic rings. The number of carboxylic acid groups (broad SMARTS) is 1. The molecule has 0 bridgehead atoms. The fourth-order valence-electron chi connectivity index (χ4n) is 2.96. The van der Waals surface area contributed by atoms with E-state index in [2.05, 4.69) is 16.7 Å². The molecular formula is C19H19N2O4-. The maximum Gasteiger partial charge on any atom is 0.305 e. The molecule has 0 amide bonds. The number of rotatable bonds is 7. The Labute approximate surface area is 144 Å². The van der Waals surface area contributed by atoms with E-state index in [0.29, 0.717) is 6.54 Å². The van der Waals surface area contributed by atoms with E-state index in [1.807, 2.05) is 36.4 Å². The van der Waals surface area contributed by atoms with E-state index in [1.54, 1.807) is 0 Å². The number of benzene rings is 2. The number of fused-ring (bicyclic) bond motifs is 3. The van der Waals surface area contributed by atoms with Gasteiger partial charge in [-0.15, -0.1) is 0 Å². The average molecular weight is 339 g/mol. The zero-order chi connectivity index (χ0) is 17.8. The first-order valence-corrected chi connectivity index (χ1v) is 8.16. The van der Waals surface area contributed by atoms with E-state index in [1.165, 1.54) is 0 Å². The molecule has 2 N–H and O–H groups in total. The maximum atomic E-state index is 11.7. The number of carbonyl (C=O) groups excluding carboxylic acids is 2. The van der Waals surface area contributed by atoms with Gasteiger partial charge >= 0.3 is 5.97 Å². The number of hydrogen-bond acceptors (Lipinski definition) is 5. The highest BCUT2D eigenvalue weighted by atomic mass is 16.5. The van der Waals surface area contributed by atoms with Crippen molar-refractivity contribution in [1.29, 1.82) is 0 Å². The third-order valence-electron chi connectivity index (χ3n) is 4.22. The van der Waals surface area contributed by atoms with Gasteiger partial charge in [0.25, 0.3) is 0 Å². The maximum absolute atomic E-state index is 11.7. The van der Waals surface area contributed by atoms with Gasteiger partial charge in [0.15, 0.2) is 0 Å². The van der Waals surface area contributed by atoms with E-state index < -0.39 is 18.0 Å². The van der Waals surface area contributed by atoms with Crippen molar-refractivity contribution in [1.82, 2.24) is 4.57 Å². The van der Waals surface area contributed by atoms with Crippen molar-refractivity contribution >= 4 is 33.7 Å². The Kier molecular flexibility index (Phi) is 5.00. The Bertz CT molecular complexity index is 863. The van der Waals surface area contributed by atoms with E-state index in [4.69, 9.17) is 10.5 Å². The minimum absolute atomic E-state index is 0.0105. The highest BCUT2D eigenvalue weighted by Crippen LogP contribution is 2.28. The molecule has 3 rings (SSSR count). The molecule has 6 nitrogen and oxygen atoms in total. The Balaban J connectivity index is 1.67.